The van der Waals surface area contributed by atoms with Gasteiger partial charge in [-0.25, -0.2) is 10.4 Å². The average Bonchev–Trinajstić information content (AvgIpc) is 3.16. The molecule has 0 fully saturated rings. The maximum atomic E-state index is 12.3. The number of benzene rings is 1. The number of nitrogens with one attached hydrogen (secondary N) is 2. The van der Waals surface area contributed by atoms with Gasteiger partial charge in [0, 0.05) is 6.54 Å². The fourth-order valence-corrected chi connectivity index (χ4v) is 3.87. The van der Waals surface area contributed by atoms with E-state index in [1.165, 1.54) is 17.6 Å². The Morgan fingerprint density at radius 2 is 2.11 bits per heavy atom. The highest BCUT2D eigenvalue weighted by Crippen LogP contribution is 2.25. The maximum Gasteiger partial charge on any atom is 0.262 e. The van der Waals surface area contributed by atoms with E-state index in [4.69, 9.17) is 11.6 Å². The highest BCUT2D eigenvalue weighted by Gasteiger charge is 2.15. The van der Waals surface area contributed by atoms with Crippen molar-refractivity contribution in [3.8, 4) is 0 Å². The molecular formula is C19H23ClN6OS. The minimum atomic E-state index is -0.488. The van der Waals surface area contributed by atoms with E-state index in [0.717, 1.165) is 22.5 Å². The highest BCUT2D eigenvalue weighted by atomic mass is 35.5. The van der Waals surface area contributed by atoms with Gasteiger partial charge in [0.2, 0.25) is 0 Å². The number of anilines is 1. The number of para-hydroxylation sites is 1. The molecule has 0 aliphatic carbocycles. The van der Waals surface area contributed by atoms with Crippen LogP contribution in [0.3, 0.4) is 0 Å². The largest absolute Gasteiger partial charge is 0.350 e. The smallest absolute Gasteiger partial charge is 0.262 e. The SMILES string of the molecule is Cc1nn(CC(C)C)c(Cl)c1/C=N\NC(=O)[C@H](C)Nc1nc2ccccc2s1. The molecule has 2 heterocycles. The molecule has 148 valence electrons. The molecule has 2 N–H and O–H groups in total. The minimum absolute atomic E-state index is 0.265. The quantitative estimate of drug-likeness (QED) is 0.447. The third-order valence-electron chi connectivity index (χ3n) is 4.04. The fraction of sp³-hybridized carbons (Fsp3) is 0.368. The number of hydrogen-bond donors (Lipinski definition) is 2. The molecule has 0 saturated carbocycles. The van der Waals surface area contributed by atoms with E-state index in [0.29, 0.717) is 21.8 Å². The number of nitrogens with zero attached hydrogens (tertiary/aromatic N) is 4. The van der Waals surface area contributed by atoms with Crippen molar-refractivity contribution in [3.05, 3.63) is 40.7 Å². The van der Waals surface area contributed by atoms with E-state index in [1.54, 1.807) is 11.6 Å². The first-order chi connectivity index (χ1) is 13.3. The second-order valence-corrected chi connectivity index (χ2v) is 8.34. The summed E-state index contributed by atoms with van der Waals surface area (Å²) in [4.78, 5) is 16.8. The Labute approximate surface area is 172 Å². The summed E-state index contributed by atoms with van der Waals surface area (Å²) < 4.78 is 2.82. The van der Waals surface area contributed by atoms with Crippen LogP contribution in [-0.4, -0.2) is 32.9 Å². The Hall–Kier alpha value is -2.45. The van der Waals surface area contributed by atoms with Crippen LogP contribution in [0.15, 0.2) is 29.4 Å². The van der Waals surface area contributed by atoms with Crippen molar-refractivity contribution in [2.45, 2.75) is 40.3 Å². The van der Waals surface area contributed by atoms with Crippen LogP contribution in [0.5, 0.6) is 0 Å². The van der Waals surface area contributed by atoms with Crippen LogP contribution in [0.1, 0.15) is 32.0 Å². The standard InChI is InChI=1S/C19H23ClN6OS/c1-11(2)10-26-17(20)14(12(3)25-26)9-21-24-18(27)13(4)22-19-23-15-7-5-6-8-16(15)28-19/h5-9,11,13H,10H2,1-4H3,(H,22,23)(H,24,27)/b21-9-/t13-/m0/s1. The van der Waals surface area contributed by atoms with Crippen molar-refractivity contribution in [2.24, 2.45) is 11.0 Å². The van der Waals surface area contributed by atoms with Crippen molar-refractivity contribution < 1.29 is 4.79 Å². The van der Waals surface area contributed by atoms with Crippen molar-refractivity contribution in [3.63, 3.8) is 0 Å². The summed E-state index contributed by atoms with van der Waals surface area (Å²) in [5.41, 5.74) is 4.92. The van der Waals surface area contributed by atoms with Gasteiger partial charge in [-0.1, -0.05) is 48.9 Å². The Morgan fingerprint density at radius 1 is 1.36 bits per heavy atom. The van der Waals surface area contributed by atoms with E-state index in [9.17, 15) is 4.79 Å². The molecule has 1 aromatic carbocycles. The molecule has 0 bridgehead atoms. The van der Waals surface area contributed by atoms with Gasteiger partial charge in [-0.15, -0.1) is 0 Å². The first kappa shape index (κ1) is 20.3. The molecule has 3 aromatic rings. The second kappa shape index (κ2) is 8.70. The van der Waals surface area contributed by atoms with E-state index in [-0.39, 0.29) is 5.91 Å². The number of fused-ring (bicyclic) bond motifs is 1. The molecular weight excluding hydrogens is 396 g/mol. The van der Waals surface area contributed by atoms with Gasteiger partial charge >= 0.3 is 0 Å². The molecule has 0 saturated heterocycles. The van der Waals surface area contributed by atoms with Gasteiger partial charge in [-0.2, -0.15) is 10.2 Å². The number of hydrogen-bond acceptors (Lipinski definition) is 6. The van der Waals surface area contributed by atoms with Crippen LogP contribution < -0.4 is 10.7 Å². The molecule has 9 heteroatoms. The monoisotopic (exact) mass is 418 g/mol. The van der Waals surface area contributed by atoms with E-state index >= 15 is 0 Å². The summed E-state index contributed by atoms with van der Waals surface area (Å²) in [5.74, 6) is 0.162. The van der Waals surface area contributed by atoms with E-state index in [2.05, 4.69) is 39.8 Å². The number of carbonyl (C=O) groups is 1. The van der Waals surface area contributed by atoms with Crippen LogP contribution in [0.2, 0.25) is 5.15 Å². The van der Waals surface area contributed by atoms with E-state index in [1.807, 2.05) is 31.2 Å². The Balaban J connectivity index is 1.61. The molecule has 2 aromatic heterocycles. The van der Waals surface area contributed by atoms with Crippen molar-refractivity contribution in [1.82, 2.24) is 20.2 Å². The van der Waals surface area contributed by atoms with Gasteiger partial charge in [0.1, 0.15) is 11.2 Å². The lowest BCUT2D eigenvalue weighted by atomic mass is 10.2. The van der Waals surface area contributed by atoms with Crippen LogP contribution >= 0.6 is 22.9 Å². The van der Waals surface area contributed by atoms with Gasteiger partial charge in [-0.05, 0) is 31.9 Å². The number of halogens is 1. The normalized spacial score (nSPS) is 12.8. The van der Waals surface area contributed by atoms with Gasteiger partial charge in [-0.3, -0.25) is 9.48 Å². The number of thiazole rings is 1. The molecule has 1 atom stereocenters. The first-order valence-corrected chi connectivity index (χ1v) is 10.2. The molecule has 28 heavy (non-hydrogen) atoms. The molecule has 0 radical (unpaired) electrons. The van der Waals surface area contributed by atoms with Gasteiger partial charge in [0.15, 0.2) is 5.13 Å². The number of carbonyl (C=O) groups excluding carboxylic acids is 1. The molecule has 0 aliphatic heterocycles. The number of rotatable bonds is 7. The Kier molecular flexibility index (Phi) is 6.31. The van der Waals surface area contributed by atoms with Crippen LogP contribution in [0.25, 0.3) is 10.2 Å². The molecule has 7 nitrogen and oxygen atoms in total. The first-order valence-electron chi connectivity index (χ1n) is 9.03. The molecule has 1 amide bonds. The Bertz CT molecular complexity index is 976. The predicted molar refractivity (Wildman–Crippen MR) is 115 cm³/mol. The van der Waals surface area contributed by atoms with Crippen molar-refractivity contribution >= 4 is 50.4 Å². The number of aromatic nitrogens is 3. The fourth-order valence-electron chi connectivity index (χ4n) is 2.62. The van der Waals surface area contributed by atoms with Gasteiger partial charge in [0.05, 0.1) is 27.7 Å². The summed E-state index contributed by atoms with van der Waals surface area (Å²) >= 11 is 7.88. The van der Waals surface area contributed by atoms with E-state index < -0.39 is 6.04 Å². The molecule has 0 aliphatic rings. The zero-order valence-corrected chi connectivity index (χ0v) is 17.8. The Morgan fingerprint density at radius 3 is 2.82 bits per heavy atom. The molecule has 0 spiro atoms. The van der Waals surface area contributed by atoms with Crippen molar-refractivity contribution in [1.29, 1.82) is 0 Å². The zero-order valence-electron chi connectivity index (χ0n) is 16.2. The lowest BCUT2D eigenvalue weighted by Crippen LogP contribution is -2.34. The van der Waals surface area contributed by atoms with Crippen molar-refractivity contribution in [2.75, 3.05) is 5.32 Å². The summed E-state index contributed by atoms with van der Waals surface area (Å²) in [6.07, 6.45) is 1.53. The van der Waals surface area contributed by atoms with Gasteiger partial charge < -0.3 is 5.32 Å². The summed E-state index contributed by atoms with van der Waals surface area (Å²) in [6.45, 7) is 8.55. The van der Waals surface area contributed by atoms with Crippen LogP contribution in [-0.2, 0) is 11.3 Å². The average molecular weight is 419 g/mol. The number of hydrazone groups is 1. The second-order valence-electron chi connectivity index (χ2n) is 6.95. The number of aryl methyl sites for hydroxylation is 1. The van der Waals surface area contributed by atoms with Crippen LogP contribution in [0.4, 0.5) is 5.13 Å². The molecule has 3 rings (SSSR count). The summed E-state index contributed by atoms with van der Waals surface area (Å²) in [6, 6.07) is 7.35. The lowest BCUT2D eigenvalue weighted by molar-refractivity contribution is -0.121. The topological polar surface area (TPSA) is 84.2 Å². The third-order valence-corrected chi connectivity index (χ3v) is 5.41. The minimum Gasteiger partial charge on any atom is -0.350 e. The zero-order chi connectivity index (χ0) is 20.3. The maximum absolute atomic E-state index is 12.3. The summed E-state index contributed by atoms with van der Waals surface area (Å²) in [5, 5.41) is 12.8. The van der Waals surface area contributed by atoms with Crippen LogP contribution in [0, 0.1) is 12.8 Å². The third kappa shape index (κ3) is 4.69. The highest BCUT2D eigenvalue weighted by molar-refractivity contribution is 7.22. The lowest BCUT2D eigenvalue weighted by Gasteiger charge is -2.10. The summed E-state index contributed by atoms with van der Waals surface area (Å²) in [7, 11) is 0. The van der Waals surface area contributed by atoms with Gasteiger partial charge in [0.25, 0.3) is 5.91 Å². The molecule has 0 unspecified atom stereocenters. The predicted octanol–water partition coefficient (Wildman–Crippen LogP) is 4.06. The number of amides is 1.